The lowest BCUT2D eigenvalue weighted by atomic mass is 9.82. The molecule has 8 atom stereocenters. The smallest absolute Gasteiger partial charge is 0.208 e. The second-order valence-corrected chi connectivity index (χ2v) is 6.80. The van der Waals surface area contributed by atoms with Gasteiger partial charge in [0, 0.05) is 11.5 Å². The summed E-state index contributed by atoms with van der Waals surface area (Å²) in [5.41, 5.74) is 0.849. The molecule has 0 aromatic carbocycles. The van der Waals surface area contributed by atoms with E-state index in [9.17, 15) is 30.3 Å². The van der Waals surface area contributed by atoms with Crippen LogP contribution >= 0.6 is 0 Å². The number of aliphatic hydroxyl groups is 6. The average Bonchev–Trinajstić information content (AvgIpc) is 3.12. The Morgan fingerprint density at radius 2 is 1.85 bits per heavy atom. The van der Waals surface area contributed by atoms with Crippen molar-refractivity contribution in [2.75, 3.05) is 19.8 Å². The van der Waals surface area contributed by atoms with E-state index in [1.807, 2.05) is 0 Å². The van der Waals surface area contributed by atoms with E-state index < -0.39 is 61.9 Å². The minimum absolute atomic E-state index is 0.274. The summed E-state index contributed by atoms with van der Waals surface area (Å²) in [6.07, 6.45) is -4.92. The number of aliphatic hydroxyl groups excluding tert-OH is 6. The quantitative estimate of drug-likeness (QED) is 0.261. The van der Waals surface area contributed by atoms with Crippen molar-refractivity contribution in [1.29, 1.82) is 0 Å². The van der Waals surface area contributed by atoms with Gasteiger partial charge in [-0.2, -0.15) is 0 Å². The first-order valence-electron chi connectivity index (χ1n) is 8.68. The van der Waals surface area contributed by atoms with E-state index in [0.29, 0.717) is 12.0 Å². The molecular weight excluding hydrogens is 364 g/mol. The van der Waals surface area contributed by atoms with Crippen molar-refractivity contribution in [3.8, 4) is 0 Å². The fourth-order valence-corrected chi connectivity index (χ4v) is 3.78. The van der Waals surface area contributed by atoms with Crippen LogP contribution in [0.1, 0.15) is 6.42 Å². The van der Waals surface area contributed by atoms with Gasteiger partial charge in [-0.1, -0.05) is 6.08 Å². The van der Waals surface area contributed by atoms with Gasteiger partial charge >= 0.3 is 0 Å². The lowest BCUT2D eigenvalue weighted by Crippen LogP contribution is -2.60. The Labute approximate surface area is 154 Å². The molecular formula is C17H24O10. The molecule has 0 spiro atoms. The SMILES string of the molecule is O=C(CO)C1=CO[C@@H](OC2O[C@H](CO)[C@@H](O)[C@H](O)[C@H]2O)[C@@H]2C(CO)=CC[C@H]12. The van der Waals surface area contributed by atoms with Gasteiger partial charge in [-0.05, 0) is 12.0 Å². The van der Waals surface area contributed by atoms with Crippen molar-refractivity contribution in [2.45, 2.75) is 43.4 Å². The van der Waals surface area contributed by atoms with Gasteiger partial charge in [0.1, 0.15) is 31.0 Å². The minimum atomic E-state index is -1.60. The number of hydrogen-bond donors (Lipinski definition) is 6. The Morgan fingerprint density at radius 3 is 2.48 bits per heavy atom. The molecule has 10 heteroatoms. The minimum Gasteiger partial charge on any atom is -0.471 e. The highest BCUT2D eigenvalue weighted by Gasteiger charge is 2.49. The number of ether oxygens (including phenoxy) is 3. The lowest BCUT2D eigenvalue weighted by molar-refractivity contribution is -0.339. The fourth-order valence-electron chi connectivity index (χ4n) is 3.78. The number of carbonyl (C=O) groups is 1. The van der Waals surface area contributed by atoms with Crippen molar-refractivity contribution < 1.29 is 49.6 Å². The van der Waals surface area contributed by atoms with Crippen LogP contribution in [-0.4, -0.2) is 93.2 Å². The summed E-state index contributed by atoms with van der Waals surface area (Å²) in [6, 6.07) is 0. The van der Waals surface area contributed by atoms with Gasteiger partial charge in [0.05, 0.1) is 25.4 Å². The maximum absolute atomic E-state index is 11.9. The maximum Gasteiger partial charge on any atom is 0.208 e. The van der Waals surface area contributed by atoms with Gasteiger partial charge in [0.2, 0.25) is 6.29 Å². The molecule has 27 heavy (non-hydrogen) atoms. The highest BCUT2D eigenvalue weighted by Crippen LogP contribution is 2.44. The van der Waals surface area contributed by atoms with Gasteiger partial charge in [0.15, 0.2) is 12.1 Å². The van der Waals surface area contributed by atoms with E-state index in [1.54, 1.807) is 6.08 Å². The predicted octanol–water partition coefficient (Wildman–Crippen LogP) is -2.84. The van der Waals surface area contributed by atoms with Gasteiger partial charge < -0.3 is 44.8 Å². The predicted molar refractivity (Wildman–Crippen MR) is 86.7 cm³/mol. The average molecular weight is 388 g/mol. The molecule has 0 radical (unpaired) electrons. The Bertz CT molecular complexity index is 615. The van der Waals surface area contributed by atoms with E-state index in [1.165, 1.54) is 6.26 Å². The summed E-state index contributed by atoms with van der Waals surface area (Å²) in [5, 5.41) is 57.8. The molecule has 0 amide bonds. The van der Waals surface area contributed by atoms with Crippen molar-refractivity contribution >= 4 is 5.78 Å². The molecule has 0 aromatic heterocycles. The molecule has 0 aromatic rings. The van der Waals surface area contributed by atoms with Gasteiger partial charge in [-0.15, -0.1) is 0 Å². The van der Waals surface area contributed by atoms with Crippen LogP contribution < -0.4 is 0 Å². The number of carbonyl (C=O) groups excluding carboxylic acids is 1. The Hall–Kier alpha value is -1.37. The third-order valence-electron chi connectivity index (χ3n) is 5.28. The van der Waals surface area contributed by atoms with Gasteiger partial charge in [0.25, 0.3) is 0 Å². The molecule has 0 saturated carbocycles. The third kappa shape index (κ3) is 3.67. The number of rotatable bonds is 6. The molecule has 6 N–H and O–H groups in total. The topological polar surface area (TPSA) is 166 Å². The summed E-state index contributed by atoms with van der Waals surface area (Å²) < 4.78 is 16.5. The van der Waals surface area contributed by atoms with Crippen LogP contribution in [-0.2, 0) is 19.0 Å². The van der Waals surface area contributed by atoms with E-state index in [-0.39, 0.29) is 18.1 Å². The van der Waals surface area contributed by atoms with Crippen LogP contribution in [0.5, 0.6) is 0 Å². The first-order valence-corrected chi connectivity index (χ1v) is 8.68. The Kier molecular flexibility index (Phi) is 6.28. The fraction of sp³-hybridized carbons (Fsp3) is 0.706. The Balaban J connectivity index is 1.80. The second kappa shape index (κ2) is 8.33. The zero-order valence-electron chi connectivity index (χ0n) is 14.4. The van der Waals surface area contributed by atoms with Crippen LogP contribution in [0.25, 0.3) is 0 Å². The molecule has 2 aliphatic heterocycles. The van der Waals surface area contributed by atoms with Crippen LogP contribution in [0.3, 0.4) is 0 Å². The van der Waals surface area contributed by atoms with E-state index in [4.69, 9.17) is 19.3 Å². The number of ketones is 1. The molecule has 152 valence electrons. The summed E-state index contributed by atoms with van der Waals surface area (Å²) in [5.74, 6) is -1.43. The van der Waals surface area contributed by atoms with Gasteiger partial charge in [-0.25, -0.2) is 0 Å². The zero-order chi connectivity index (χ0) is 19.7. The van der Waals surface area contributed by atoms with Crippen molar-refractivity contribution in [3.63, 3.8) is 0 Å². The summed E-state index contributed by atoms with van der Waals surface area (Å²) >= 11 is 0. The van der Waals surface area contributed by atoms with Crippen LogP contribution in [0.2, 0.25) is 0 Å². The highest BCUT2D eigenvalue weighted by atomic mass is 16.8. The van der Waals surface area contributed by atoms with Crippen molar-refractivity contribution in [3.05, 3.63) is 23.5 Å². The molecule has 2 heterocycles. The molecule has 3 aliphatic rings. The van der Waals surface area contributed by atoms with E-state index in [2.05, 4.69) is 0 Å². The third-order valence-corrected chi connectivity index (χ3v) is 5.28. The normalized spacial score (nSPS) is 41.4. The van der Waals surface area contributed by atoms with Crippen molar-refractivity contribution in [1.82, 2.24) is 0 Å². The lowest BCUT2D eigenvalue weighted by Gasteiger charge is -2.43. The van der Waals surface area contributed by atoms with Crippen LogP contribution in [0.4, 0.5) is 0 Å². The van der Waals surface area contributed by atoms with Crippen LogP contribution in [0, 0.1) is 11.8 Å². The number of allylic oxidation sites excluding steroid dienone is 1. The van der Waals surface area contributed by atoms with E-state index >= 15 is 0 Å². The second-order valence-electron chi connectivity index (χ2n) is 6.80. The molecule has 3 rings (SSSR count). The number of hydrogen-bond acceptors (Lipinski definition) is 10. The first-order chi connectivity index (χ1) is 12.9. The largest absolute Gasteiger partial charge is 0.471 e. The maximum atomic E-state index is 11.9. The molecule has 10 nitrogen and oxygen atoms in total. The monoisotopic (exact) mass is 388 g/mol. The molecule has 1 fully saturated rings. The summed E-state index contributed by atoms with van der Waals surface area (Å²) in [7, 11) is 0. The highest BCUT2D eigenvalue weighted by molar-refractivity contribution is 5.96. The zero-order valence-corrected chi connectivity index (χ0v) is 14.4. The first kappa shape index (κ1) is 20.4. The van der Waals surface area contributed by atoms with Crippen molar-refractivity contribution in [2.24, 2.45) is 11.8 Å². The summed E-state index contributed by atoms with van der Waals surface area (Å²) in [6.45, 7) is -1.57. The van der Waals surface area contributed by atoms with Crippen LogP contribution in [0.15, 0.2) is 23.5 Å². The van der Waals surface area contributed by atoms with E-state index in [0.717, 1.165) is 0 Å². The molecule has 1 unspecified atom stereocenters. The number of fused-ring (bicyclic) bond motifs is 1. The molecule has 1 aliphatic carbocycles. The molecule has 0 bridgehead atoms. The number of Topliss-reactive ketones (excluding diaryl/α,β-unsaturated/α-hetero) is 1. The standard InChI is InChI=1S/C17H24O10/c18-3-7-1-2-8-9(10(21)4-19)6-25-16(12(7)8)27-17-15(24)14(23)13(22)11(5-20)26-17/h1,6,8,11-20,22-24H,2-5H2/t8-,11-,12-,13-,14+,15-,16+,17?/m1/s1. The Morgan fingerprint density at radius 1 is 1.11 bits per heavy atom. The summed E-state index contributed by atoms with van der Waals surface area (Å²) in [4.78, 5) is 11.9. The van der Waals surface area contributed by atoms with Gasteiger partial charge in [-0.3, -0.25) is 4.79 Å². The molecule has 1 saturated heterocycles.